The highest BCUT2D eigenvalue weighted by Crippen LogP contribution is 2.48. The number of fused-ring (bicyclic) bond motifs is 3. The second kappa shape index (κ2) is 7.03. The molecule has 3 heteroatoms. The third kappa shape index (κ3) is 2.89. The predicted octanol–water partition coefficient (Wildman–Crippen LogP) is 7.40. The van der Waals surface area contributed by atoms with Crippen LogP contribution in [0.4, 0.5) is 0 Å². The van der Waals surface area contributed by atoms with Crippen molar-refractivity contribution in [2.24, 2.45) is 0 Å². The summed E-state index contributed by atoms with van der Waals surface area (Å²) in [6.45, 7) is 4.49. The van der Waals surface area contributed by atoms with Gasteiger partial charge in [-0.2, -0.15) is 0 Å². The fraction of sp³-hybridized carbons (Fsp3) is 0.103. The van der Waals surface area contributed by atoms with E-state index in [-0.39, 0.29) is 5.41 Å². The molecule has 3 nitrogen and oxygen atoms in total. The first-order valence-corrected chi connectivity index (χ1v) is 10.8. The van der Waals surface area contributed by atoms with Gasteiger partial charge in [-0.1, -0.05) is 86.6 Å². The Balaban J connectivity index is 1.44. The minimum Gasteiger partial charge on any atom is -0.457 e. The number of para-hydroxylation sites is 2. The van der Waals surface area contributed by atoms with Gasteiger partial charge in [-0.25, -0.2) is 4.98 Å². The summed E-state index contributed by atoms with van der Waals surface area (Å²) < 4.78 is 6.29. The Kier molecular flexibility index (Phi) is 4.12. The highest BCUT2D eigenvalue weighted by atomic mass is 16.5. The van der Waals surface area contributed by atoms with Gasteiger partial charge in [-0.05, 0) is 23.8 Å². The van der Waals surface area contributed by atoms with E-state index in [9.17, 15) is 0 Å². The number of nitrogens with zero attached hydrogens (tertiary/aromatic N) is 2. The maximum Gasteiger partial charge on any atom is 0.132 e. The lowest BCUT2D eigenvalue weighted by molar-refractivity contribution is 0.418. The van der Waals surface area contributed by atoms with E-state index in [0.717, 1.165) is 44.9 Å². The van der Waals surface area contributed by atoms with Crippen molar-refractivity contribution in [3.63, 3.8) is 0 Å². The fourth-order valence-corrected chi connectivity index (χ4v) is 4.65. The summed E-state index contributed by atoms with van der Waals surface area (Å²) in [4.78, 5) is 9.75. The van der Waals surface area contributed by atoms with E-state index in [1.54, 1.807) is 0 Å². The molecule has 0 N–H and O–H groups in total. The second-order valence-corrected chi connectivity index (χ2v) is 8.73. The predicted molar refractivity (Wildman–Crippen MR) is 129 cm³/mol. The van der Waals surface area contributed by atoms with Crippen LogP contribution in [-0.4, -0.2) is 9.97 Å². The molecule has 0 saturated heterocycles. The lowest BCUT2D eigenvalue weighted by Gasteiger charge is -2.34. The van der Waals surface area contributed by atoms with Crippen molar-refractivity contribution in [2.45, 2.75) is 19.3 Å². The zero-order valence-corrected chi connectivity index (χ0v) is 18.0. The number of hydrogen-bond donors (Lipinski definition) is 0. The third-order valence-electron chi connectivity index (χ3n) is 6.39. The monoisotopic (exact) mass is 414 g/mol. The lowest BCUT2D eigenvalue weighted by atomic mass is 9.75. The van der Waals surface area contributed by atoms with Gasteiger partial charge in [0.15, 0.2) is 0 Å². The average Bonchev–Trinajstić information content (AvgIpc) is 2.83. The number of hydrogen-bond acceptors (Lipinski definition) is 3. The maximum absolute atomic E-state index is 6.29. The highest BCUT2D eigenvalue weighted by molar-refractivity contribution is 5.92. The van der Waals surface area contributed by atoms with Crippen LogP contribution >= 0.6 is 0 Å². The molecule has 0 saturated carbocycles. The molecule has 4 aromatic carbocycles. The van der Waals surface area contributed by atoms with Gasteiger partial charge in [0, 0.05) is 27.7 Å². The lowest BCUT2D eigenvalue weighted by Crippen LogP contribution is -2.24. The Morgan fingerprint density at radius 1 is 0.688 bits per heavy atom. The van der Waals surface area contributed by atoms with E-state index >= 15 is 0 Å². The SMILES string of the molecule is CC1(C)c2ccccc2Oc2cc(-c3cnc4c(-c5ccccc5)cccc4n3)ccc21. The molecule has 0 unspecified atom stereocenters. The maximum atomic E-state index is 6.29. The molecule has 6 rings (SSSR count). The molecule has 0 atom stereocenters. The van der Waals surface area contributed by atoms with Gasteiger partial charge in [0.05, 0.1) is 22.9 Å². The summed E-state index contributed by atoms with van der Waals surface area (Å²) in [5.41, 5.74) is 8.13. The van der Waals surface area contributed by atoms with Crippen molar-refractivity contribution in [2.75, 3.05) is 0 Å². The number of rotatable bonds is 2. The first-order valence-electron chi connectivity index (χ1n) is 10.8. The van der Waals surface area contributed by atoms with E-state index in [1.807, 2.05) is 48.7 Å². The molecule has 1 aliphatic heterocycles. The number of aromatic nitrogens is 2. The Morgan fingerprint density at radius 3 is 2.34 bits per heavy atom. The van der Waals surface area contributed by atoms with Gasteiger partial charge in [-0.3, -0.25) is 4.98 Å². The minimum atomic E-state index is -0.123. The van der Waals surface area contributed by atoms with Gasteiger partial charge in [-0.15, -0.1) is 0 Å². The van der Waals surface area contributed by atoms with E-state index in [4.69, 9.17) is 14.7 Å². The van der Waals surface area contributed by atoms with Gasteiger partial charge < -0.3 is 4.74 Å². The topological polar surface area (TPSA) is 35.0 Å². The van der Waals surface area contributed by atoms with Crippen molar-refractivity contribution in [1.29, 1.82) is 0 Å². The van der Waals surface area contributed by atoms with Crippen LogP contribution in [0.25, 0.3) is 33.4 Å². The number of ether oxygens (including phenoxy) is 1. The molecular formula is C29H22N2O. The van der Waals surface area contributed by atoms with Crippen LogP contribution in [0.2, 0.25) is 0 Å². The molecule has 0 bridgehead atoms. The molecule has 0 amide bonds. The smallest absolute Gasteiger partial charge is 0.132 e. The Morgan fingerprint density at radius 2 is 1.47 bits per heavy atom. The molecule has 1 aromatic heterocycles. The normalized spacial score (nSPS) is 13.8. The van der Waals surface area contributed by atoms with Crippen LogP contribution in [0.15, 0.2) is 97.2 Å². The molecule has 154 valence electrons. The number of benzene rings is 4. The molecule has 5 aromatic rings. The van der Waals surface area contributed by atoms with Gasteiger partial charge >= 0.3 is 0 Å². The van der Waals surface area contributed by atoms with Crippen LogP contribution in [0.5, 0.6) is 11.5 Å². The Labute approximate surface area is 187 Å². The Bertz CT molecular complexity index is 1470. The summed E-state index contributed by atoms with van der Waals surface area (Å²) in [6, 6.07) is 31.1. The summed E-state index contributed by atoms with van der Waals surface area (Å²) in [7, 11) is 0. The first kappa shape index (κ1) is 18.8. The van der Waals surface area contributed by atoms with Crippen molar-refractivity contribution >= 4 is 11.0 Å². The summed E-state index contributed by atoms with van der Waals surface area (Å²) in [6.07, 6.45) is 1.86. The van der Waals surface area contributed by atoms with Gasteiger partial charge in [0.1, 0.15) is 11.5 Å². The average molecular weight is 415 g/mol. The van der Waals surface area contributed by atoms with E-state index in [2.05, 4.69) is 62.4 Å². The first-order chi connectivity index (χ1) is 15.6. The zero-order chi connectivity index (χ0) is 21.7. The van der Waals surface area contributed by atoms with Crippen LogP contribution in [0.1, 0.15) is 25.0 Å². The van der Waals surface area contributed by atoms with E-state index in [0.29, 0.717) is 0 Å². The molecule has 0 fully saturated rings. The van der Waals surface area contributed by atoms with Gasteiger partial charge in [0.25, 0.3) is 0 Å². The largest absolute Gasteiger partial charge is 0.457 e. The van der Waals surface area contributed by atoms with E-state index in [1.165, 1.54) is 11.1 Å². The van der Waals surface area contributed by atoms with Crippen molar-refractivity contribution in [3.8, 4) is 33.9 Å². The molecule has 0 aliphatic carbocycles. The van der Waals surface area contributed by atoms with Crippen molar-refractivity contribution in [1.82, 2.24) is 9.97 Å². The van der Waals surface area contributed by atoms with Crippen molar-refractivity contribution in [3.05, 3.63) is 108 Å². The quantitative estimate of drug-likeness (QED) is 0.302. The van der Waals surface area contributed by atoms with Crippen molar-refractivity contribution < 1.29 is 4.74 Å². The van der Waals surface area contributed by atoms with Crippen LogP contribution < -0.4 is 4.74 Å². The second-order valence-electron chi connectivity index (χ2n) is 8.73. The summed E-state index contributed by atoms with van der Waals surface area (Å²) in [5, 5.41) is 0. The third-order valence-corrected chi connectivity index (χ3v) is 6.39. The molecule has 0 spiro atoms. The molecular weight excluding hydrogens is 392 g/mol. The minimum absolute atomic E-state index is 0.123. The molecule has 32 heavy (non-hydrogen) atoms. The van der Waals surface area contributed by atoms with Crippen LogP contribution in [0, 0.1) is 0 Å². The highest BCUT2D eigenvalue weighted by Gasteiger charge is 2.34. The fourth-order valence-electron chi connectivity index (χ4n) is 4.65. The zero-order valence-electron chi connectivity index (χ0n) is 18.0. The summed E-state index contributed by atoms with van der Waals surface area (Å²) in [5.74, 6) is 1.80. The molecule has 1 aliphatic rings. The van der Waals surface area contributed by atoms with E-state index < -0.39 is 0 Å². The Hall–Kier alpha value is -3.98. The molecule has 2 heterocycles. The van der Waals surface area contributed by atoms with Gasteiger partial charge in [0.2, 0.25) is 0 Å². The molecule has 0 radical (unpaired) electrons. The van der Waals surface area contributed by atoms with Crippen LogP contribution in [-0.2, 0) is 5.41 Å². The van der Waals surface area contributed by atoms with Crippen LogP contribution in [0.3, 0.4) is 0 Å². The standard InChI is InChI=1S/C29H22N2O/c1-29(2)22-12-6-7-14-26(22)32-27-17-20(15-16-23(27)29)25-18-30-28-21(11-8-13-24(28)31-25)19-9-4-3-5-10-19/h3-18H,1-2H3. The summed E-state index contributed by atoms with van der Waals surface area (Å²) >= 11 is 0.